The average Bonchev–Trinajstić information content (AvgIpc) is 2.76. The highest BCUT2D eigenvalue weighted by Gasteiger charge is 2.25. The lowest BCUT2D eigenvalue weighted by atomic mass is 9.98. The topological polar surface area (TPSA) is 98.7 Å². The van der Waals surface area contributed by atoms with Crippen molar-refractivity contribution in [2.24, 2.45) is 5.92 Å². The Hall–Kier alpha value is -1.71. The van der Waals surface area contributed by atoms with E-state index in [2.05, 4.69) is 37.1 Å². The average molecular weight is 484 g/mol. The summed E-state index contributed by atoms with van der Waals surface area (Å²) in [5.74, 6) is -0.0800. The maximum absolute atomic E-state index is 12.7. The van der Waals surface area contributed by atoms with Crippen molar-refractivity contribution in [3.05, 3.63) is 35.9 Å². The van der Waals surface area contributed by atoms with Gasteiger partial charge in [-0.2, -0.15) is 24.4 Å². The maximum Gasteiger partial charge on any atom is 0.326 e. The number of hydrogen-bond donors (Lipinski definition) is 4. The van der Waals surface area contributed by atoms with Gasteiger partial charge in [0, 0.05) is 25.6 Å². The molecule has 0 bridgehead atoms. The molecule has 1 aromatic carbocycles. The summed E-state index contributed by atoms with van der Waals surface area (Å²) in [6, 6.07) is 8.75. The summed E-state index contributed by atoms with van der Waals surface area (Å²) in [6.45, 7) is 5.20. The number of carbonyl (C=O) groups is 3. The van der Waals surface area contributed by atoms with Crippen molar-refractivity contribution < 1.29 is 19.5 Å². The molecule has 180 valence electrons. The quantitative estimate of drug-likeness (QED) is 0.270. The lowest BCUT2D eigenvalue weighted by Gasteiger charge is -2.31. The SMILES string of the molecule is CC[C@@H](C)[C@@H](CN(CC(=O)N[C@@H](CCSC)C(=O)O)Cc1ccccc1)NC(=O)CCS. The molecule has 0 aliphatic carbocycles. The molecule has 32 heavy (non-hydrogen) atoms. The second-order valence-corrected chi connectivity index (χ2v) is 9.36. The van der Waals surface area contributed by atoms with E-state index in [1.807, 2.05) is 41.5 Å². The van der Waals surface area contributed by atoms with Gasteiger partial charge in [-0.15, -0.1) is 0 Å². The molecule has 9 heteroatoms. The minimum Gasteiger partial charge on any atom is -0.480 e. The van der Waals surface area contributed by atoms with E-state index in [1.54, 1.807) is 11.8 Å². The Morgan fingerprint density at radius 2 is 1.84 bits per heavy atom. The van der Waals surface area contributed by atoms with Gasteiger partial charge < -0.3 is 15.7 Å². The van der Waals surface area contributed by atoms with E-state index >= 15 is 0 Å². The van der Waals surface area contributed by atoms with Crippen LogP contribution in [-0.4, -0.2) is 70.7 Å². The van der Waals surface area contributed by atoms with Crippen LogP contribution in [0, 0.1) is 5.92 Å². The zero-order valence-electron chi connectivity index (χ0n) is 19.3. The number of amides is 2. The molecule has 1 aromatic rings. The summed E-state index contributed by atoms with van der Waals surface area (Å²) in [5.41, 5.74) is 1.04. The summed E-state index contributed by atoms with van der Waals surface area (Å²) in [5, 5.41) is 15.2. The third-order valence-electron chi connectivity index (χ3n) is 5.33. The molecule has 0 saturated heterocycles. The van der Waals surface area contributed by atoms with Gasteiger partial charge in [0.25, 0.3) is 0 Å². The van der Waals surface area contributed by atoms with Gasteiger partial charge in [0.2, 0.25) is 11.8 Å². The van der Waals surface area contributed by atoms with Crippen LogP contribution in [0.25, 0.3) is 0 Å². The predicted molar refractivity (Wildman–Crippen MR) is 134 cm³/mol. The fourth-order valence-corrected chi connectivity index (χ4v) is 3.95. The minimum atomic E-state index is -1.03. The first-order valence-corrected chi connectivity index (χ1v) is 13.0. The van der Waals surface area contributed by atoms with Crippen LogP contribution in [0.2, 0.25) is 0 Å². The number of nitrogens with one attached hydrogen (secondary N) is 2. The second-order valence-electron chi connectivity index (χ2n) is 7.93. The lowest BCUT2D eigenvalue weighted by molar-refractivity contribution is -0.142. The number of nitrogens with zero attached hydrogens (tertiary/aromatic N) is 1. The largest absolute Gasteiger partial charge is 0.480 e. The molecular weight excluding hydrogens is 446 g/mol. The van der Waals surface area contributed by atoms with E-state index in [4.69, 9.17) is 0 Å². The highest BCUT2D eigenvalue weighted by Crippen LogP contribution is 2.13. The van der Waals surface area contributed by atoms with Crippen LogP contribution in [-0.2, 0) is 20.9 Å². The fourth-order valence-electron chi connectivity index (χ4n) is 3.27. The molecule has 1 rings (SSSR count). The van der Waals surface area contributed by atoms with E-state index in [0.29, 0.717) is 37.4 Å². The number of thioether (sulfide) groups is 1. The smallest absolute Gasteiger partial charge is 0.326 e. The molecule has 0 spiro atoms. The van der Waals surface area contributed by atoms with Gasteiger partial charge in [0.05, 0.1) is 6.54 Å². The Morgan fingerprint density at radius 3 is 2.41 bits per heavy atom. The van der Waals surface area contributed by atoms with Crippen LogP contribution >= 0.6 is 24.4 Å². The van der Waals surface area contributed by atoms with Crippen LogP contribution in [0.15, 0.2) is 30.3 Å². The van der Waals surface area contributed by atoms with Crippen LogP contribution in [0.3, 0.4) is 0 Å². The Labute approximate surface area is 201 Å². The predicted octanol–water partition coefficient (Wildman–Crippen LogP) is 2.66. The van der Waals surface area contributed by atoms with Gasteiger partial charge in [-0.05, 0) is 35.7 Å². The first-order valence-electron chi connectivity index (χ1n) is 11.0. The van der Waals surface area contributed by atoms with Gasteiger partial charge in [-0.1, -0.05) is 50.6 Å². The van der Waals surface area contributed by atoms with Crippen molar-refractivity contribution in [3.63, 3.8) is 0 Å². The first kappa shape index (κ1) is 28.3. The van der Waals surface area contributed by atoms with Crippen LogP contribution in [0.4, 0.5) is 0 Å². The van der Waals surface area contributed by atoms with Crippen LogP contribution < -0.4 is 10.6 Å². The maximum atomic E-state index is 12.7. The molecule has 0 unspecified atom stereocenters. The number of rotatable bonds is 16. The Morgan fingerprint density at radius 1 is 1.16 bits per heavy atom. The van der Waals surface area contributed by atoms with E-state index in [1.165, 1.54) is 0 Å². The van der Waals surface area contributed by atoms with Gasteiger partial charge in [0.15, 0.2) is 0 Å². The summed E-state index contributed by atoms with van der Waals surface area (Å²) in [7, 11) is 0. The van der Waals surface area contributed by atoms with Crippen molar-refractivity contribution in [2.45, 2.75) is 51.7 Å². The van der Waals surface area contributed by atoms with Gasteiger partial charge in [-0.25, -0.2) is 4.79 Å². The monoisotopic (exact) mass is 483 g/mol. The number of carboxylic acid groups (broad SMARTS) is 1. The van der Waals surface area contributed by atoms with E-state index in [0.717, 1.165) is 12.0 Å². The van der Waals surface area contributed by atoms with Crippen molar-refractivity contribution in [1.82, 2.24) is 15.5 Å². The number of thiol groups is 1. The molecule has 0 fully saturated rings. The standard InChI is InChI=1S/C23H37N3O4S2/c1-4-17(2)20(25-21(27)10-12-31)15-26(14-18-8-6-5-7-9-18)16-22(28)24-19(23(29)30)11-13-32-3/h5-9,17,19-20,31H,4,10-16H2,1-3H3,(H,24,28)(H,25,27)(H,29,30)/t17-,19+,20-/m1/s1. The van der Waals surface area contributed by atoms with Crippen LogP contribution in [0.1, 0.15) is 38.7 Å². The van der Waals surface area contributed by atoms with Crippen molar-refractivity contribution in [1.29, 1.82) is 0 Å². The Bertz CT molecular complexity index is 706. The molecule has 3 atom stereocenters. The summed E-state index contributed by atoms with van der Waals surface area (Å²) < 4.78 is 0. The number of carbonyl (C=O) groups excluding carboxylic acids is 2. The Balaban J connectivity index is 2.95. The zero-order chi connectivity index (χ0) is 23.9. The Kier molecular flexibility index (Phi) is 14.2. The second kappa shape index (κ2) is 16.0. The summed E-state index contributed by atoms with van der Waals surface area (Å²) >= 11 is 5.68. The van der Waals surface area contributed by atoms with Crippen molar-refractivity contribution >= 4 is 42.2 Å². The molecule has 0 radical (unpaired) electrons. The number of carboxylic acids is 1. The lowest BCUT2D eigenvalue weighted by Crippen LogP contribution is -2.51. The number of benzene rings is 1. The van der Waals surface area contributed by atoms with Crippen molar-refractivity contribution in [2.75, 3.05) is 30.9 Å². The molecule has 0 heterocycles. The fraction of sp³-hybridized carbons (Fsp3) is 0.609. The third kappa shape index (κ3) is 11.2. The number of aliphatic carboxylic acids is 1. The van der Waals surface area contributed by atoms with Gasteiger partial charge >= 0.3 is 5.97 Å². The normalized spacial score (nSPS) is 13.9. The molecule has 3 N–H and O–H groups in total. The van der Waals surface area contributed by atoms with Gasteiger partial charge in [0.1, 0.15) is 6.04 Å². The van der Waals surface area contributed by atoms with Crippen LogP contribution in [0.5, 0.6) is 0 Å². The van der Waals surface area contributed by atoms with Gasteiger partial charge in [-0.3, -0.25) is 14.5 Å². The molecule has 0 saturated carbocycles. The summed E-state index contributed by atoms with van der Waals surface area (Å²) in [6.07, 6.45) is 3.49. The molecule has 0 aliphatic heterocycles. The highest BCUT2D eigenvalue weighted by molar-refractivity contribution is 7.98. The molecule has 0 aliphatic rings. The minimum absolute atomic E-state index is 0.0489. The van der Waals surface area contributed by atoms with E-state index < -0.39 is 12.0 Å². The van der Waals surface area contributed by atoms with Crippen molar-refractivity contribution in [3.8, 4) is 0 Å². The first-order chi connectivity index (χ1) is 15.3. The third-order valence-corrected chi connectivity index (χ3v) is 6.20. The zero-order valence-corrected chi connectivity index (χ0v) is 21.0. The molecule has 2 amide bonds. The highest BCUT2D eigenvalue weighted by atomic mass is 32.2. The van der Waals surface area contributed by atoms with E-state index in [9.17, 15) is 19.5 Å². The molecule has 0 aromatic heterocycles. The molecular formula is C23H37N3O4S2. The summed E-state index contributed by atoms with van der Waals surface area (Å²) in [4.78, 5) is 38.5. The number of hydrogen-bond acceptors (Lipinski definition) is 6. The van der Waals surface area contributed by atoms with E-state index in [-0.39, 0.29) is 30.3 Å². The molecule has 7 nitrogen and oxygen atoms in total.